The molecule has 0 amide bonds. The zero-order valence-electron chi connectivity index (χ0n) is 76.2. The largest absolute Gasteiger partial charge is 0.476 e. The van der Waals surface area contributed by atoms with E-state index in [0.717, 1.165) is 30.1 Å². The molecule has 0 aromatic rings. The molecule has 30 heteroatoms. The molecule has 10 aliphatic heterocycles. The van der Waals surface area contributed by atoms with Crippen LogP contribution < -0.4 is 0 Å². The first-order valence-corrected chi connectivity index (χ1v) is 36.4. The van der Waals surface area contributed by atoms with E-state index in [1.807, 2.05) is 44.2 Å². The van der Waals surface area contributed by atoms with Gasteiger partial charge in [0.25, 0.3) is 11.8 Å². The molecule has 105 heavy (non-hydrogen) atoms. The first kappa shape index (κ1) is 66.7. The molecule has 0 atom stereocenters. The Bertz CT molecular complexity index is 3830. The normalized spacial score (nSPS) is 22.8. The highest BCUT2D eigenvalue weighted by atomic mass is 19.3. The Morgan fingerprint density at radius 1 is 0.352 bits per heavy atom. The number of aliphatic imine (C=N–C) groups is 10. The molecule has 0 bridgehead atoms. The number of hydrogen-bond acceptors (Lipinski definition) is 20. The summed E-state index contributed by atoms with van der Waals surface area (Å²) in [5.74, 6) is -10.1. The third-order valence-corrected chi connectivity index (χ3v) is 17.2. The number of likely N-dealkylation sites (N-methyl/N-ethyl adjacent to an activating group) is 5. The molecule has 0 aromatic carbocycles. The minimum Gasteiger partial charge on any atom is -0.476 e. The minimum absolute atomic E-state index is 0.0286. The summed E-state index contributed by atoms with van der Waals surface area (Å²) in [5, 5.41) is 0. The number of ether oxygens (including phenoxy) is 5. The molecule has 0 radical (unpaired) electrons. The van der Waals surface area contributed by atoms with E-state index in [1.165, 1.54) is 31.4 Å². The van der Waals surface area contributed by atoms with E-state index in [9.17, 15) is 43.9 Å². The first-order valence-electron chi connectivity index (χ1n) is 43.9. The lowest BCUT2D eigenvalue weighted by atomic mass is 10.1. The molecule has 0 unspecified atom stereocenters. The Kier molecular flexibility index (Phi) is 28.0. The van der Waals surface area contributed by atoms with E-state index >= 15 is 0 Å². The summed E-state index contributed by atoms with van der Waals surface area (Å²) in [6, 6.07) is 0. The number of halogens is 10. The van der Waals surface area contributed by atoms with Crippen LogP contribution in [0.3, 0.4) is 0 Å². The van der Waals surface area contributed by atoms with Crippen molar-refractivity contribution < 1.29 is 88.1 Å². The van der Waals surface area contributed by atoms with Crippen LogP contribution in [0.1, 0.15) is 190 Å². The summed E-state index contributed by atoms with van der Waals surface area (Å²) in [7, 11) is 0. The van der Waals surface area contributed by atoms with Crippen LogP contribution in [0.4, 0.5) is 43.9 Å². The predicted octanol–water partition coefficient (Wildman–Crippen LogP) is 14.9. The van der Waals surface area contributed by atoms with Crippen LogP contribution in [0.15, 0.2) is 108 Å². The van der Waals surface area contributed by atoms with E-state index in [0.29, 0.717) is 162 Å². The number of nitrogens with zero attached hydrogens (tertiary/aromatic N) is 15. The van der Waals surface area contributed by atoms with E-state index in [-0.39, 0.29) is 154 Å². The maximum atomic E-state index is 13.9. The van der Waals surface area contributed by atoms with Crippen LogP contribution in [0, 0.1) is 0 Å². The number of alkyl halides is 10. The van der Waals surface area contributed by atoms with Crippen molar-refractivity contribution in [2.75, 3.05) is 160 Å². The fraction of sp³-hybridized carbons (Fsp3) is 0.733. The zero-order valence-corrected chi connectivity index (χ0v) is 61.2. The van der Waals surface area contributed by atoms with Crippen LogP contribution in [0.2, 0.25) is 0 Å². The summed E-state index contributed by atoms with van der Waals surface area (Å²) >= 11 is 0. The van der Waals surface area contributed by atoms with Crippen LogP contribution in [0.5, 0.6) is 0 Å². The van der Waals surface area contributed by atoms with E-state index in [4.69, 9.17) is 44.2 Å². The molecule has 590 valence electrons. The van der Waals surface area contributed by atoms with Crippen molar-refractivity contribution in [3.05, 3.63) is 58.2 Å². The quantitative estimate of drug-likeness (QED) is 0.0495. The fourth-order valence-electron chi connectivity index (χ4n) is 11.5. The second-order valence-corrected chi connectivity index (χ2v) is 26.4. The van der Waals surface area contributed by atoms with E-state index in [1.54, 1.807) is 6.92 Å². The molecule has 0 fully saturated rings. The third-order valence-electron chi connectivity index (χ3n) is 17.2. The van der Waals surface area contributed by atoms with Gasteiger partial charge in [0.2, 0.25) is 41.3 Å². The zero-order chi connectivity index (χ0) is 89.0. The van der Waals surface area contributed by atoms with Gasteiger partial charge in [0, 0.05) is 125 Å². The molecule has 0 saturated carbocycles. The number of rotatable bonds is 30. The SMILES string of the molecule is [2H]C([2H])([2H])N1CCC=C(C2=NCN=C2OC(F)(F)CCCCC)C1.[2H]C([2H])([2H])N1CCC=C(C2=NCN=C2OCC(F)(F)CCCC)C1.[2H]C([2H])([2H])N1CCC=C(C2=NCN=C2OCCC(F)(F)CCC)C1.[2H]C([2H])([2H])N1CCC=C(C2=NCN=C2OCCCC(F)(F)CC)C1.[2H]C([2H])([2H])N1CCC=C(C2=NCN=C2OCCCCC(C)(F)F)C1. The molecule has 10 heterocycles. The van der Waals surface area contributed by atoms with Crippen molar-refractivity contribution in [2.24, 2.45) is 49.9 Å². The Morgan fingerprint density at radius 2 is 0.705 bits per heavy atom. The summed E-state index contributed by atoms with van der Waals surface area (Å²) in [5.41, 5.74) is 5.83. The highest BCUT2D eigenvalue weighted by Gasteiger charge is 2.37. The van der Waals surface area contributed by atoms with Crippen LogP contribution in [-0.4, -0.2) is 272 Å². The van der Waals surface area contributed by atoms with Gasteiger partial charge in [-0.2, -0.15) is 8.78 Å². The van der Waals surface area contributed by atoms with E-state index < -0.39 is 71.3 Å². The van der Waals surface area contributed by atoms with Gasteiger partial charge in [0.05, 0.1) is 26.2 Å². The first-order chi connectivity index (χ1) is 56.1. The van der Waals surface area contributed by atoms with Gasteiger partial charge in [0.1, 0.15) is 61.9 Å². The molecule has 0 aliphatic carbocycles. The lowest BCUT2D eigenvalue weighted by molar-refractivity contribution is -0.189. The van der Waals surface area contributed by atoms with Gasteiger partial charge in [-0.25, -0.2) is 60.1 Å². The molecule has 0 aromatic heterocycles. The third kappa shape index (κ3) is 32.1. The summed E-state index contributed by atoms with van der Waals surface area (Å²) in [4.78, 5) is 48.3. The van der Waals surface area contributed by atoms with Gasteiger partial charge < -0.3 is 48.2 Å². The van der Waals surface area contributed by atoms with Gasteiger partial charge in [-0.15, -0.1) is 0 Å². The molecule has 20 nitrogen and oxygen atoms in total. The average molecular weight is 1510 g/mol. The standard InChI is InChI=1S/5C15H23F2N3O/c1-15(16,17)7-3-4-9-21-14-13(18-11-19-14)12-6-5-8-20(2)10-12;1-3-15(16,17)7-5-9-21-14-13(18-11-19-14)12-6-4-8-20(2)10-12;1-3-6-15(16,17)7-9-21-14-13(18-11-19-14)12-5-4-8-20(2)10-12;1-3-4-7-15(16,17)10-21-14-13(18-11-19-14)12-6-5-8-20(2)9-12;1-3-4-5-8-15(16,17)21-14-13(18-11-19-14)12-7-6-9-20(2)10-12/h2*6H,3-5,7-11H2,1-2H3;5H,3-4,6-11H2,1-2H3;6H,3-5,7-11H2,1-2H3;7H,3-6,8-11H2,1-2H3/i5*2D3. The fourth-order valence-corrected chi connectivity index (χ4v) is 11.5. The lowest BCUT2D eigenvalue weighted by Gasteiger charge is -2.24. The Morgan fingerprint density at radius 3 is 1.08 bits per heavy atom. The van der Waals surface area contributed by atoms with Gasteiger partial charge in [-0.1, -0.05) is 83.8 Å². The van der Waals surface area contributed by atoms with Crippen LogP contribution in [-0.2, 0) is 23.7 Å². The second-order valence-electron chi connectivity index (χ2n) is 26.4. The molecular formula is C75H115F10N15O5. The molecule has 10 aliphatic rings. The highest BCUT2D eigenvalue weighted by molar-refractivity contribution is 6.48. The summed E-state index contributed by atoms with van der Waals surface area (Å²) in [6.07, 6.45) is 12.0. The molecule has 0 N–H and O–H groups in total. The molecule has 0 spiro atoms. The average Bonchev–Trinajstić information content (AvgIpc) is 1.34. The Labute approximate surface area is 636 Å². The van der Waals surface area contributed by atoms with Crippen LogP contribution >= 0.6 is 0 Å². The number of unbranched alkanes of at least 4 members (excludes halogenated alkanes) is 4. The highest BCUT2D eigenvalue weighted by Crippen LogP contribution is 2.30. The van der Waals surface area contributed by atoms with Crippen molar-refractivity contribution in [3.63, 3.8) is 0 Å². The minimum atomic E-state index is -3.29. The lowest BCUT2D eigenvalue weighted by Crippen LogP contribution is -2.34. The Balaban J connectivity index is 0.000000233. The molecule has 10 rings (SSSR count). The number of hydrogen-bond donors (Lipinski definition) is 0. The van der Waals surface area contributed by atoms with Crippen molar-refractivity contribution in [1.82, 2.24) is 24.5 Å². The van der Waals surface area contributed by atoms with Gasteiger partial charge >= 0.3 is 6.11 Å². The summed E-state index contributed by atoms with van der Waals surface area (Å²) in [6.45, 7) is 0.667. The van der Waals surface area contributed by atoms with Gasteiger partial charge in [-0.05, 0) is 134 Å². The van der Waals surface area contributed by atoms with Crippen molar-refractivity contribution in [1.29, 1.82) is 0 Å². The maximum absolute atomic E-state index is 13.9. The van der Waals surface area contributed by atoms with Crippen molar-refractivity contribution in [2.45, 2.75) is 199 Å². The maximum Gasteiger partial charge on any atom is 0.399 e. The van der Waals surface area contributed by atoms with Gasteiger partial charge in [-0.3, -0.25) is 25.0 Å². The predicted molar refractivity (Wildman–Crippen MR) is 402 cm³/mol. The monoisotopic (exact) mass is 1510 g/mol. The van der Waals surface area contributed by atoms with Crippen LogP contribution in [0.25, 0.3) is 0 Å². The molecule has 0 saturated heterocycles. The second kappa shape index (κ2) is 44.1. The molecular weight excluding hydrogens is 1380 g/mol. The topological polar surface area (TPSA) is 186 Å². The smallest absolute Gasteiger partial charge is 0.399 e. The van der Waals surface area contributed by atoms with Crippen molar-refractivity contribution >= 4 is 58.0 Å². The van der Waals surface area contributed by atoms with Gasteiger partial charge in [0.15, 0.2) is 6.61 Å². The summed E-state index contributed by atoms with van der Waals surface area (Å²) < 4.78 is 273. The Hall–Kier alpha value is -6.50. The van der Waals surface area contributed by atoms with Crippen molar-refractivity contribution in [3.8, 4) is 0 Å². The van der Waals surface area contributed by atoms with E-state index in [2.05, 4.69) is 49.9 Å².